The summed E-state index contributed by atoms with van der Waals surface area (Å²) in [5, 5.41) is 4.56. The molecule has 134 valence electrons. The van der Waals surface area contributed by atoms with Gasteiger partial charge in [-0.05, 0) is 32.8 Å². The van der Waals surface area contributed by atoms with Crippen molar-refractivity contribution in [3.63, 3.8) is 0 Å². The van der Waals surface area contributed by atoms with E-state index < -0.39 is 0 Å². The Hall–Kier alpha value is -2.15. The Morgan fingerprint density at radius 1 is 1.24 bits per heavy atom. The minimum atomic E-state index is 0.0908. The van der Waals surface area contributed by atoms with E-state index in [4.69, 9.17) is 0 Å². The second-order valence-corrected chi connectivity index (χ2v) is 7.19. The zero-order valence-corrected chi connectivity index (χ0v) is 15.1. The van der Waals surface area contributed by atoms with Crippen LogP contribution in [0.25, 0.3) is 0 Å². The van der Waals surface area contributed by atoms with E-state index in [9.17, 15) is 4.79 Å². The molecule has 0 aromatic carbocycles. The molecule has 7 heteroatoms. The van der Waals surface area contributed by atoms with Gasteiger partial charge in [-0.25, -0.2) is 4.98 Å². The summed E-state index contributed by atoms with van der Waals surface area (Å²) in [6.45, 7) is 9.60. The van der Waals surface area contributed by atoms with Crippen molar-refractivity contribution in [2.45, 2.75) is 52.4 Å². The highest BCUT2D eigenvalue weighted by Gasteiger charge is 2.27. The maximum absolute atomic E-state index is 12.6. The first-order valence-corrected chi connectivity index (χ1v) is 9.19. The van der Waals surface area contributed by atoms with E-state index in [1.807, 2.05) is 35.0 Å². The average Bonchev–Trinajstić information content (AvgIpc) is 3.34. The maximum Gasteiger partial charge on any atom is 0.274 e. The number of hydrogen-bond acceptors (Lipinski definition) is 4. The lowest BCUT2D eigenvalue weighted by molar-refractivity contribution is 0.0785. The highest BCUT2D eigenvalue weighted by atomic mass is 16.2. The van der Waals surface area contributed by atoms with Gasteiger partial charge >= 0.3 is 0 Å². The number of nitrogens with zero attached hydrogens (tertiary/aromatic N) is 6. The normalized spacial score (nSPS) is 19.2. The first-order valence-electron chi connectivity index (χ1n) is 9.19. The Balaban J connectivity index is 1.44. The number of imidazole rings is 1. The van der Waals surface area contributed by atoms with Crippen LogP contribution >= 0.6 is 0 Å². The summed E-state index contributed by atoms with van der Waals surface area (Å²) in [5.41, 5.74) is 1.75. The van der Waals surface area contributed by atoms with Crippen molar-refractivity contribution in [3.8, 4) is 0 Å². The zero-order valence-electron chi connectivity index (χ0n) is 15.1. The number of fused-ring (bicyclic) bond motifs is 1. The van der Waals surface area contributed by atoms with Crippen LogP contribution in [0.15, 0.2) is 18.5 Å². The molecule has 0 N–H and O–H groups in total. The standard InChI is InChI=1S/C18H26N6O/c1-14(12-23-8-5-19-15(23)2)22-9-10-24-16(13-22)11-17(20-24)18(25)21-6-3-4-7-21/h5,8,11,14H,3-4,6-7,9-10,12-13H2,1-2H3. The molecule has 2 aromatic heterocycles. The summed E-state index contributed by atoms with van der Waals surface area (Å²) in [7, 11) is 0. The van der Waals surface area contributed by atoms with Crippen LogP contribution in [0.2, 0.25) is 0 Å². The van der Waals surface area contributed by atoms with Crippen LogP contribution in [0.3, 0.4) is 0 Å². The molecule has 2 aliphatic rings. The fourth-order valence-corrected chi connectivity index (χ4v) is 3.85. The number of amides is 1. The Morgan fingerprint density at radius 2 is 2.04 bits per heavy atom. The van der Waals surface area contributed by atoms with Gasteiger partial charge < -0.3 is 9.47 Å². The molecule has 1 atom stereocenters. The molecule has 2 aromatic rings. The van der Waals surface area contributed by atoms with Crippen molar-refractivity contribution in [1.29, 1.82) is 0 Å². The summed E-state index contributed by atoms with van der Waals surface area (Å²) in [4.78, 5) is 21.2. The summed E-state index contributed by atoms with van der Waals surface area (Å²) in [6.07, 6.45) is 6.10. The predicted molar refractivity (Wildman–Crippen MR) is 94.2 cm³/mol. The fourth-order valence-electron chi connectivity index (χ4n) is 3.85. The molecule has 1 amide bonds. The van der Waals surface area contributed by atoms with Crippen molar-refractivity contribution in [3.05, 3.63) is 35.7 Å². The third-order valence-corrected chi connectivity index (χ3v) is 5.45. The number of aromatic nitrogens is 4. The van der Waals surface area contributed by atoms with Gasteiger partial charge in [-0.15, -0.1) is 0 Å². The van der Waals surface area contributed by atoms with Crippen molar-refractivity contribution < 1.29 is 4.79 Å². The minimum absolute atomic E-state index is 0.0908. The molecular weight excluding hydrogens is 316 g/mol. The summed E-state index contributed by atoms with van der Waals surface area (Å²) < 4.78 is 4.20. The van der Waals surface area contributed by atoms with E-state index in [0.29, 0.717) is 11.7 Å². The average molecular weight is 342 g/mol. The van der Waals surface area contributed by atoms with Crippen LogP contribution in [0, 0.1) is 6.92 Å². The van der Waals surface area contributed by atoms with Crippen LogP contribution in [0.4, 0.5) is 0 Å². The fraction of sp³-hybridized carbons (Fsp3) is 0.611. The Bertz CT molecular complexity index is 757. The number of rotatable bonds is 4. The van der Waals surface area contributed by atoms with Crippen LogP contribution < -0.4 is 0 Å². The van der Waals surface area contributed by atoms with Gasteiger partial charge in [0.2, 0.25) is 0 Å². The number of aryl methyl sites for hydroxylation is 1. The van der Waals surface area contributed by atoms with Gasteiger partial charge in [0, 0.05) is 51.2 Å². The van der Waals surface area contributed by atoms with Crippen LogP contribution in [-0.4, -0.2) is 60.7 Å². The van der Waals surface area contributed by atoms with Crippen LogP contribution in [0.1, 0.15) is 41.8 Å². The maximum atomic E-state index is 12.6. The van der Waals surface area contributed by atoms with E-state index >= 15 is 0 Å². The van der Waals surface area contributed by atoms with E-state index in [0.717, 1.165) is 63.6 Å². The number of likely N-dealkylation sites (tertiary alicyclic amines) is 1. The van der Waals surface area contributed by atoms with E-state index in [1.165, 1.54) is 0 Å². The third-order valence-electron chi connectivity index (χ3n) is 5.45. The SMILES string of the molecule is Cc1nccn1CC(C)N1CCn2nc(C(=O)N3CCCC3)cc2C1. The minimum Gasteiger partial charge on any atom is -0.337 e. The van der Waals surface area contributed by atoms with E-state index in [-0.39, 0.29) is 5.91 Å². The molecular formula is C18H26N6O. The van der Waals surface area contributed by atoms with E-state index in [2.05, 4.69) is 26.5 Å². The van der Waals surface area contributed by atoms with E-state index in [1.54, 1.807) is 0 Å². The Kier molecular flexibility index (Phi) is 4.33. The van der Waals surface area contributed by atoms with Crippen LogP contribution in [0.5, 0.6) is 0 Å². The van der Waals surface area contributed by atoms with Crippen molar-refractivity contribution in [2.24, 2.45) is 0 Å². The van der Waals surface area contributed by atoms with Gasteiger partial charge in [0.1, 0.15) is 5.82 Å². The third kappa shape index (κ3) is 3.20. The van der Waals surface area contributed by atoms with Gasteiger partial charge in [-0.3, -0.25) is 14.4 Å². The van der Waals surface area contributed by atoms with Gasteiger partial charge in [-0.2, -0.15) is 5.10 Å². The quantitative estimate of drug-likeness (QED) is 0.845. The van der Waals surface area contributed by atoms with Crippen molar-refractivity contribution in [1.82, 2.24) is 29.1 Å². The molecule has 1 unspecified atom stereocenters. The van der Waals surface area contributed by atoms with Crippen LogP contribution in [-0.2, 0) is 19.6 Å². The van der Waals surface area contributed by atoms with Gasteiger partial charge in [0.15, 0.2) is 5.69 Å². The highest BCUT2D eigenvalue weighted by Crippen LogP contribution is 2.19. The lowest BCUT2D eigenvalue weighted by Gasteiger charge is -2.33. The Labute approximate surface area is 148 Å². The summed E-state index contributed by atoms with van der Waals surface area (Å²) in [5.74, 6) is 1.14. The predicted octanol–water partition coefficient (Wildman–Crippen LogP) is 1.53. The smallest absolute Gasteiger partial charge is 0.274 e. The Morgan fingerprint density at radius 3 is 2.76 bits per heavy atom. The topological polar surface area (TPSA) is 59.2 Å². The molecule has 25 heavy (non-hydrogen) atoms. The van der Waals surface area contributed by atoms with Crippen molar-refractivity contribution in [2.75, 3.05) is 19.6 Å². The van der Waals surface area contributed by atoms with Gasteiger partial charge in [0.25, 0.3) is 5.91 Å². The first-order chi connectivity index (χ1) is 12.1. The molecule has 7 nitrogen and oxygen atoms in total. The number of carbonyl (C=O) groups excluding carboxylic acids is 1. The molecule has 4 rings (SSSR count). The molecule has 1 saturated heterocycles. The molecule has 0 spiro atoms. The molecule has 0 saturated carbocycles. The van der Waals surface area contributed by atoms with Gasteiger partial charge in [-0.1, -0.05) is 0 Å². The summed E-state index contributed by atoms with van der Waals surface area (Å²) in [6, 6.07) is 2.40. The zero-order chi connectivity index (χ0) is 17.4. The monoisotopic (exact) mass is 342 g/mol. The second-order valence-electron chi connectivity index (χ2n) is 7.19. The lowest BCUT2D eigenvalue weighted by atomic mass is 10.2. The number of carbonyl (C=O) groups is 1. The molecule has 4 heterocycles. The highest BCUT2D eigenvalue weighted by molar-refractivity contribution is 5.92. The second kappa shape index (κ2) is 6.63. The molecule has 0 radical (unpaired) electrons. The molecule has 2 aliphatic heterocycles. The first kappa shape index (κ1) is 16.3. The summed E-state index contributed by atoms with van der Waals surface area (Å²) >= 11 is 0. The lowest BCUT2D eigenvalue weighted by Crippen LogP contribution is -2.41. The molecule has 0 aliphatic carbocycles. The van der Waals surface area contributed by atoms with Gasteiger partial charge in [0.05, 0.1) is 12.2 Å². The van der Waals surface area contributed by atoms with Crippen molar-refractivity contribution >= 4 is 5.91 Å². The molecule has 0 bridgehead atoms. The number of hydrogen-bond donors (Lipinski definition) is 0. The molecule has 1 fully saturated rings. The largest absolute Gasteiger partial charge is 0.337 e.